The van der Waals surface area contributed by atoms with Gasteiger partial charge in [-0.3, -0.25) is 9.20 Å². The molecule has 0 bridgehead atoms. The molecule has 27 heavy (non-hydrogen) atoms. The van der Waals surface area contributed by atoms with Crippen LogP contribution in [0.5, 0.6) is 11.5 Å². The Balaban J connectivity index is 1.83. The van der Waals surface area contributed by atoms with Crippen molar-refractivity contribution < 1.29 is 23.0 Å². The summed E-state index contributed by atoms with van der Waals surface area (Å²) in [5.74, 6) is -0.524. The van der Waals surface area contributed by atoms with Crippen LogP contribution in [0.25, 0.3) is 5.65 Å². The number of rotatable bonds is 6. The largest absolute Gasteiger partial charge is 0.493 e. The third-order valence-corrected chi connectivity index (χ3v) is 3.73. The fraction of sp³-hybridized carbons (Fsp3) is 0.167. The van der Waals surface area contributed by atoms with Crippen LogP contribution in [0, 0.1) is 6.92 Å². The number of benzene rings is 1. The zero-order valence-electron chi connectivity index (χ0n) is 14.5. The standard InChI is InChI=1S/C18H16F2N4O3/c1-11-15(24-9-4-3-8-14(24)22-11)17(25)23-21-10-12-6-5-7-13(26-2)16(12)27-18(19)20/h3-10,18H,1-2H3,(H,23,25)/b21-10-. The lowest BCUT2D eigenvalue weighted by Gasteiger charge is -2.11. The van der Waals surface area contributed by atoms with Gasteiger partial charge in [-0.2, -0.15) is 13.9 Å². The third-order valence-electron chi connectivity index (χ3n) is 3.73. The van der Waals surface area contributed by atoms with Crippen molar-refractivity contribution in [2.45, 2.75) is 13.5 Å². The number of hydrazone groups is 1. The van der Waals surface area contributed by atoms with Crippen molar-refractivity contribution in [1.82, 2.24) is 14.8 Å². The van der Waals surface area contributed by atoms with Gasteiger partial charge in [-0.15, -0.1) is 0 Å². The molecular formula is C18H16F2N4O3. The number of hydrogen-bond acceptors (Lipinski definition) is 5. The summed E-state index contributed by atoms with van der Waals surface area (Å²) in [6.45, 7) is -1.31. The molecular weight excluding hydrogens is 358 g/mol. The van der Waals surface area contributed by atoms with Gasteiger partial charge in [0, 0.05) is 11.8 Å². The minimum absolute atomic E-state index is 0.128. The molecule has 0 aliphatic carbocycles. The van der Waals surface area contributed by atoms with Gasteiger partial charge in [0.1, 0.15) is 11.3 Å². The van der Waals surface area contributed by atoms with E-state index in [1.165, 1.54) is 25.5 Å². The van der Waals surface area contributed by atoms with Crippen LogP contribution < -0.4 is 14.9 Å². The van der Waals surface area contributed by atoms with E-state index in [4.69, 9.17) is 4.74 Å². The van der Waals surface area contributed by atoms with Gasteiger partial charge < -0.3 is 9.47 Å². The van der Waals surface area contributed by atoms with Crippen molar-refractivity contribution in [1.29, 1.82) is 0 Å². The quantitative estimate of drug-likeness (QED) is 0.532. The predicted molar refractivity (Wildman–Crippen MR) is 94.6 cm³/mol. The van der Waals surface area contributed by atoms with Gasteiger partial charge in [0.15, 0.2) is 11.5 Å². The number of nitrogens with zero attached hydrogens (tertiary/aromatic N) is 3. The molecule has 2 heterocycles. The van der Waals surface area contributed by atoms with Gasteiger partial charge in [0.05, 0.1) is 19.0 Å². The zero-order valence-corrected chi connectivity index (χ0v) is 14.5. The smallest absolute Gasteiger partial charge is 0.387 e. The molecule has 1 amide bonds. The number of pyridine rings is 1. The second-order valence-electron chi connectivity index (χ2n) is 5.43. The maximum atomic E-state index is 12.6. The van der Waals surface area contributed by atoms with Gasteiger partial charge in [-0.1, -0.05) is 12.1 Å². The Morgan fingerprint density at radius 1 is 1.30 bits per heavy atom. The number of amides is 1. The highest BCUT2D eigenvalue weighted by Gasteiger charge is 2.17. The highest BCUT2D eigenvalue weighted by Crippen LogP contribution is 2.31. The molecule has 9 heteroatoms. The summed E-state index contributed by atoms with van der Waals surface area (Å²) < 4.78 is 36.4. The number of imidazole rings is 1. The van der Waals surface area contributed by atoms with Crippen LogP contribution in [0.1, 0.15) is 21.7 Å². The van der Waals surface area contributed by atoms with Crippen LogP contribution in [0.2, 0.25) is 0 Å². The monoisotopic (exact) mass is 374 g/mol. The van der Waals surface area contributed by atoms with Crippen LogP contribution in [-0.4, -0.2) is 35.2 Å². The fourth-order valence-corrected chi connectivity index (χ4v) is 2.61. The van der Waals surface area contributed by atoms with E-state index < -0.39 is 12.5 Å². The molecule has 0 atom stereocenters. The summed E-state index contributed by atoms with van der Waals surface area (Å²) in [7, 11) is 1.34. The molecule has 2 aromatic heterocycles. The number of aromatic nitrogens is 2. The molecule has 1 aromatic carbocycles. The number of nitrogens with one attached hydrogen (secondary N) is 1. The molecule has 0 aliphatic heterocycles. The van der Waals surface area contributed by atoms with Crippen LogP contribution in [0.3, 0.4) is 0 Å². The van der Waals surface area contributed by atoms with Crippen molar-refractivity contribution >= 4 is 17.8 Å². The molecule has 0 saturated carbocycles. The first-order valence-corrected chi connectivity index (χ1v) is 7.90. The molecule has 3 rings (SSSR count). The lowest BCUT2D eigenvalue weighted by atomic mass is 10.2. The van der Waals surface area contributed by atoms with Crippen LogP contribution in [0.4, 0.5) is 8.78 Å². The molecule has 0 fully saturated rings. The number of carbonyl (C=O) groups is 1. The summed E-state index contributed by atoms with van der Waals surface area (Å²) in [4.78, 5) is 16.8. The fourth-order valence-electron chi connectivity index (χ4n) is 2.61. The lowest BCUT2D eigenvalue weighted by Crippen LogP contribution is -2.20. The molecule has 0 saturated heterocycles. The number of alkyl halides is 2. The second-order valence-corrected chi connectivity index (χ2v) is 5.43. The number of hydrogen-bond donors (Lipinski definition) is 1. The van der Waals surface area contributed by atoms with Crippen molar-refractivity contribution in [3.8, 4) is 11.5 Å². The molecule has 1 N–H and O–H groups in total. The van der Waals surface area contributed by atoms with Crippen molar-refractivity contribution in [2.24, 2.45) is 5.10 Å². The molecule has 0 unspecified atom stereocenters. The van der Waals surface area contributed by atoms with E-state index in [1.54, 1.807) is 35.7 Å². The van der Waals surface area contributed by atoms with Gasteiger partial charge in [-0.25, -0.2) is 10.4 Å². The topological polar surface area (TPSA) is 77.2 Å². The Morgan fingerprint density at radius 2 is 2.11 bits per heavy atom. The molecule has 3 aromatic rings. The van der Waals surface area contributed by atoms with Crippen molar-refractivity contribution in [2.75, 3.05) is 7.11 Å². The molecule has 0 spiro atoms. The minimum Gasteiger partial charge on any atom is -0.493 e. The highest BCUT2D eigenvalue weighted by atomic mass is 19.3. The van der Waals surface area contributed by atoms with E-state index in [0.717, 1.165) is 0 Å². The Bertz CT molecular complexity index is 1000. The Morgan fingerprint density at radius 3 is 2.85 bits per heavy atom. The SMILES string of the molecule is COc1cccc(/C=N\NC(=O)c2c(C)nc3ccccn23)c1OC(F)F. The maximum absolute atomic E-state index is 12.6. The van der Waals surface area contributed by atoms with Gasteiger partial charge >= 0.3 is 6.61 Å². The van der Waals surface area contributed by atoms with E-state index in [0.29, 0.717) is 17.0 Å². The molecule has 0 radical (unpaired) electrons. The average Bonchev–Trinajstić information content (AvgIpc) is 2.98. The normalized spacial score (nSPS) is 11.3. The maximum Gasteiger partial charge on any atom is 0.387 e. The Kier molecular flexibility index (Phi) is 5.30. The van der Waals surface area contributed by atoms with Gasteiger partial charge in [0.2, 0.25) is 0 Å². The first kappa shape index (κ1) is 18.3. The number of halogens is 2. The number of ether oxygens (including phenoxy) is 2. The van der Waals surface area contributed by atoms with E-state index in [1.807, 2.05) is 6.07 Å². The predicted octanol–water partition coefficient (Wildman–Crippen LogP) is 3.02. The highest BCUT2D eigenvalue weighted by molar-refractivity contribution is 5.95. The summed E-state index contributed by atoms with van der Waals surface area (Å²) in [6.07, 6.45) is 2.92. The first-order valence-electron chi connectivity index (χ1n) is 7.90. The summed E-state index contributed by atoms with van der Waals surface area (Å²) in [5, 5.41) is 3.84. The minimum atomic E-state index is -3.02. The van der Waals surface area contributed by atoms with E-state index >= 15 is 0 Å². The summed E-state index contributed by atoms with van der Waals surface area (Å²) >= 11 is 0. The number of para-hydroxylation sites is 1. The molecule has 0 aliphatic rings. The van der Waals surface area contributed by atoms with Crippen LogP contribution >= 0.6 is 0 Å². The van der Waals surface area contributed by atoms with Crippen molar-refractivity contribution in [3.05, 3.63) is 59.5 Å². The lowest BCUT2D eigenvalue weighted by molar-refractivity contribution is -0.0513. The van der Waals surface area contributed by atoms with Crippen LogP contribution in [0.15, 0.2) is 47.7 Å². The Labute approximate surface area is 153 Å². The van der Waals surface area contributed by atoms with Gasteiger partial charge in [0.25, 0.3) is 5.91 Å². The Hall–Kier alpha value is -3.49. The number of aryl methyl sites for hydroxylation is 1. The zero-order chi connectivity index (χ0) is 19.4. The van der Waals surface area contributed by atoms with Crippen LogP contribution in [-0.2, 0) is 0 Å². The number of methoxy groups -OCH3 is 1. The summed E-state index contributed by atoms with van der Waals surface area (Å²) in [6, 6.07) is 9.95. The van der Waals surface area contributed by atoms with E-state index in [-0.39, 0.29) is 17.1 Å². The van der Waals surface area contributed by atoms with E-state index in [9.17, 15) is 13.6 Å². The average molecular weight is 374 g/mol. The third kappa shape index (κ3) is 3.86. The summed E-state index contributed by atoms with van der Waals surface area (Å²) in [5.41, 5.74) is 4.10. The van der Waals surface area contributed by atoms with Crippen molar-refractivity contribution in [3.63, 3.8) is 0 Å². The van der Waals surface area contributed by atoms with E-state index in [2.05, 4.69) is 20.2 Å². The molecule has 7 nitrogen and oxygen atoms in total. The molecule has 140 valence electrons. The first-order chi connectivity index (χ1) is 13.0. The van der Waals surface area contributed by atoms with Gasteiger partial charge in [-0.05, 0) is 31.2 Å². The number of carbonyl (C=O) groups excluding carboxylic acids is 1. The number of fused-ring (bicyclic) bond motifs is 1. The second kappa shape index (κ2) is 7.81.